The van der Waals surface area contributed by atoms with Gasteiger partial charge >= 0.3 is 0 Å². The minimum absolute atomic E-state index is 0.0669. The van der Waals surface area contributed by atoms with Crippen molar-refractivity contribution in [3.8, 4) is 0 Å². The van der Waals surface area contributed by atoms with E-state index < -0.39 is 10.0 Å². The maximum atomic E-state index is 12.1. The van der Waals surface area contributed by atoms with E-state index in [-0.39, 0.29) is 5.75 Å². The lowest BCUT2D eigenvalue weighted by molar-refractivity contribution is 0.600. The molecule has 0 saturated heterocycles. The minimum Gasteiger partial charge on any atom is -0.282 e. The molecule has 0 aromatic heterocycles. The number of hydrogen-bond acceptors (Lipinski definition) is 2. The minimum atomic E-state index is -3.35. The molecule has 0 spiro atoms. The van der Waals surface area contributed by atoms with Crippen LogP contribution in [0.25, 0.3) is 0 Å². The molecule has 0 heterocycles. The summed E-state index contributed by atoms with van der Waals surface area (Å²) in [5.41, 5.74) is 2.60. The van der Waals surface area contributed by atoms with Crippen LogP contribution in [0.2, 0.25) is 0 Å². The van der Waals surface area contributed by atoms with Gasteiger partial charge in [0.25, 0.3) is 0 Å². The van der Waals surface area contributed by atoms with Gasteiger partial charge in [-0.3, -0.25) is 4.72 Å². The average molecular weight is 354 g/mol. The van der Waals surface area contributed by atoms with Crippen molar-refractivity contribution in [2.24, 2.45) is 0 Å². The number of sulfonamides is 1. The van der Waals surface area contributed by atoms with Crippen molar-refractivity contribution in [2.75, 3.05) is 10.5 Å². The first kappa shape index (κ1) is 15.1. The number of aryl methyl sites for hydroxylation is 2. The summed E-state index contributed by atoms with van der Waals surface area (Å²) in [6, 6.07) is 15.2. The van der Waals surface area contributed by atoms with Crippen molar-refractivity contribution < 1.29 is 8.42 Å². The third-order valence-corrected chi connectivity index (χ3v) is 4.85. The van der Waals surface area contributed by atoms with Crippen LogP contribution in [-0.4, -0.2) is 14.2 Å². The van der Waals surface area contributed by atoms with Crippen molar-refractivity contribution in [1.29, 1.82) is 0 Å². The summed E-state index contributed by atoms with van der Waals surface area (Å²) in [4.78, 5) is 0. The van der Waals surface area contributed by atoms with Gasteiger partial charge in [-0.15, -0.1) is 0 Å². The zero-order chi connectivity index (χ0) is 14.6. The van der Waals surface area contributed by atoms with Crippen molar-refractivity contribution in [3.05, 3.63) is 64.1 Å². The molecule has 0 radical (unpaired) electrons. The van der Waals surface area contributed by atoms with Crippen molar-refractivity contribution in [3.63, 3.8) is 0 Å². The van der Waals surface area contributed by atoms with Crippen LogP contribution in [-0.2, 0) is 16.4 Å². The lowest BCUT2D eigenvalue weighted by Crippen LogP contribution is -2.18. The van der Waals surface area contributed by atoms with Gasteiger partial charge in [-0.25, -0.2) is 8.42 Å². The Morgan fingerprint density at radius 3 is 2.50 bits per heavy atom. The molecule has 2 rings (SSSR count). The predicted molar refractivity (Wildman–Crippen MR) is 86.4 cm³/mol. The smallest absolute Gasteiger partial charge is 0.233 e. The third kappa shape index (κ3) is 4.35. The molecule has 0 aliphatic heterocycles. The summed E-state index contributed by atoms with van der Waals surface area (Å²) in [5, 5.41) is 0. The molecule has 0 bridgehead atoms. The summed E-state index contributed by atoms with van der Waals surface area (Å²) in [7, 11) is -3.35. The fourth-order valence-corrected chi connectivity index (χ4v) is 3.42. The standard InChI is InChI=1S/C15H16BrNO2S/c1-12-7-8-14(16)15(11-12)17-20(18,19)10-9-13-5-3-2-4-6-13/h2-8,11,17H,9-10H2,1H3. The van der Waals surface area contributed by atoms with Crippen molar-refractivity contribution >= 4 is 31.6 Å². The molecule has 20 heavy (non-hydrogen) atoms. The van der Waals surface area contributed by atoms with Gasteiger partial charge < -0.3 is 0 Å². The molecule has 0 fully saturated rings. The largest absolute Gasteiger partial charge is 0.282 e. The summed E-state index contributed by atoms with van der Waals surface area (Å²) in [6.45, 7) is 1.92. The van der Waals surface area contributed by atoms with Gasteiger partial charge in [0, 0.05) is 4.47 Å². The van der Waals surface area contributed by atoms with E-state index in [1.807, 2.05) is 55.5 Å². The Balaban J connectivity index is 2.06. The van der Waals surface area contributed by atoms with Gasteiger partial charge in [-0.2, -0.15) is 0 Å². The lowest BCUT2D eigenvalue weighted by Gasteiger charge is -2.10. The molecular formula is C15H16BrNO2S. The second-order valence-corrected chi connectivity index (χ2v) is 7.34. The highest BCUT2D eigenvalue weighted by atomic mass is 79.9. The maximum Gasteiger partial charge on any atom is 0.233 e. The molecule has 2 aromatic carbocycles. The highest BCUT2D eigenvalue weighted by Gasteiger charge is 2.12. The van der Waals surface area contributed by atoms with Crippen LogP contribution in [0.1, 0.15) is 11.1 Å². The zero-order valence-electron chi connectivity index (χ0n) is 11.1. The van der Waals surface area contributed by atoms with Crippen LogP contribution in [0.15, 0.2) is 53.0 Å². The lowest BCUT2D eigenvalue weighted by atomic mass is 10.2. The number of benzene rings is 2. The molecule has 5 heteroatoms. The Morgan fingerprint density at radius 1 is 1.10 bits per heavy atom. The normalized spacial score (nSPS) is 11.3. The first-order valence-electron chi connectivity index (χ1n) is 6.27. The molecule has 0 amide bonds. The quantitative estimate of drug-likeness (QED) is 0.889. The van der Waals surface area contributed by atoms with Gasteiger partial charge in [-0.05, 0) is 52.5 Å². The van der Waals surface area contributed by atoms with Crippen LogP contribution in [0.3, 0.4) is 0 Å². The average Bonchev–Trinajstić information content (AvgIpc) is 2.42. The first-order valence-corrected chi connectivity index (χ1v) is 8.71. The Bertz CT molecular complexity index is 684. The number of hydrogen-bond donors (Lipinski definition) is 1. The SMILES string of the molecule is Cc1ccc(Br)c(NS(=O)(=O)CCc2ccccc2)c1. The van der Waals surface area contributed by atoms with Crippen LogP contribution in [0.4, 0.5) is 5.69 Å². The molecule has 1 N–H and O–H groups in total. The van der Waals surface area contributed by atoms with Crippen LogP contribution >= 0.6 is 15.9 Å². The van der Waals surface area contributed by atoms with E-state index in [1.165, 1.54) is 0 Å². The Kier molecular flexibility index (Phi) is 4.83. The molecule has 106 valence electrons. The maximum absolute atomic E-state index is 12.1. The predicted octanol–water partition coefficient (Wildman–Crippen LogP) is 3.74. The number of rotatable bonds is 5. The Hall–Kier alpha value is -1.33. The molecule has 0 saturated carbocycles. The van der Waals surface area contributed by atoms with E-state index in [0.717, 1.165) is 15.6 Å². The van der Waals surface area contributed by atoms with E-state index in [9.17, 15) is 8.42 Å². The Labute approximate surface area is 128 Å². The van der Waals surface area contributed by atoms with Gasteiger partial charge in [0.1, 0.15) is 0 Å². The van der Waals surface area contributed by atoms with Gasteiger partial charge in [0.05, 0.1) is 11.4 Å². The van der Waals surface area contributed by atoms with Gasteiger partial charge in [0.2, 0.25) is 10.0 Å². The zero-order valence-corrected chi connectivity index (χ0v) is 13.5. The summed E-state index contributed by atoms with van der Waals surface area (Å²) in [5.74, 6) is 0.0669. The van der Waals surface area contributed by atoms with Crippen LogP contribution < -0.4 is 4.72 Å². The highest BCUT2D eigenvalue weighted by molar-refractivity contribution is 9.10. The Morgan fingerprint density at radius 2 is 1.80 bits per heavy atom. The molecule has 0 aliphatic rings. The third-order valence-electron chi connectivity index (χ3n) is 2.89. The van der Waals surface area contributed by atoms with E-state index >= 15 is 0 Å². The van der Waals surface area contributed by atoms with E-state index in [4.69, 9.17) is 0 Å². The van der Waals surface area contributed by atoms with Crippen molar-refractivity contribution in [1.82, 2.24) is 0 Å². The summed E-state index contributed by atoms with van der Waals surface area (Å²) < 4.78 is 27.6. The second-order valence-electron chi connectivity index (χ2n) is 4.64. The molecule has 0 atom stereocenters. The second kappa shape index (κ2) is 6.41. The van der Waals surface area contributed by atoms with Gasteiger partial charge in [-0.1, -0.05) is 36.4 Å². The van der Waals surface area contributed by atoms with E-state index in [2.05, 4.69) is 20.7 Å². The molecule has 0 unspecified atom stereocenters. The summed E-state index contributed by atoms with van der Waals surface area (Å²) >= 11 is 3.35. The van der Waals surface area contributed by atoms with E-state index in [0.29, 0.717) is 12.1 Å². The number of nitrogens with one attached hydrogen (secondary N) is 1. The van der Waals surface area contributed by atoms with Crippen molar-refractivity contribution in [2.45, 2.75) is 13.3 Å². The molecule has 2 aromatic rings. The monoisotopic (exact) mass is 353 g/mol. The molecular weight excluding hydrogens is 338 g/mol. The molecule has 0 aliphatic carbocycles. The first-order chi connectivity index (χ1) is 9.46. The van der Waals surface area contributed by atoms with Crippen LogP contribution in [0.5, 0.6) is 0 Å². The fraction of sp³-hybridized carbons (Fsp3) is 0.200. The topological polar surface area (TPSA) is 46.2 Å². The highest BCUT2D eigenvalue weighted by Crippen LogP contribution is 2.24. The van der Waals surface area contributed by atoms with Gasteiger partial charge in [0.15, 0.2) is 0 Å². The fourth-order valence-electron chi connectivity index (χ4n) is 1.83. The van der Waals surface area contributed by atoms with Crippen LogP contribution in [0, 0.1) is 6.92 Å². The number of anilines is 1. The molecule has 3 nitrogen and oxygen atoms in total. The van der Waals surface area contributed by atoms with E-state index in [1.54, 1.807) is 0 Å². The number of halogens is 1. The summed E-state index contributed by atoms with van der Waals surface area (Å²) in [6.07, 6.45) is 0.500.